The van der Waals surface area contributed by atoms with Crippen LogP contribution in [0.5, 0.6) is 0 Å². The van der Waals surface area contributed by atoms with E-state index in [0.29, 0.717) is 17.2 Å². The average molecular weight is 294 g/mol. The van der Waals surface area contributed by atoms with E-state index in [1.54, 1.807) is 12.1 Å². The van der Waals surface area contributed by atoms with E-state index in [0.717, 1.165) is 11.3 Å². The van der Waals surface area contributed by atoms with Crippen LogP contribution in [0.2, 0.25) is 5.02 Å². The summed E-state index contributed by atoms with van der Waals surface area (Å²) in [6.45, 7) is 5.97. The van der Waals surface area contributed by atoms with Crippen molar-refractivity contribution in [1.29, 1.82) is 0 Å². The summed E-state index contributed by atoms with van der Waals surface area (Å²) in [5.41, 5.74) is 8.22. The Morgan fingerprint density at radius 3 is 2.60 bits per heavy atom. The SMILES string of the molecule is Cc1nc(Cc2cccc(Cl)c2F)nc(N)c1C(C)C. The molecule has 0 atom stereocenters. The van der Waals surface area contributed by atoms with E-state index >= 15 is 0 Å². The Morgan fingerprint density at radius 1 is 1.30 bits per heavy atom. The van der Waals surface area contributed by atoms with Gasteiger partial charge in [-0.1, -0.05) is 37.6 Å². The summed E-state index contributed by atoms with van der Waals surface area (Å²) in [5, 5.41) is 0.103. The first-order chi connectivity index (χ1) is 9.40. The van der Waals surface area contributed by atoms with E-state index in [1.807, 2.05) is 20.8 Å². The number of halogens is 2. The fraction of sp³-hybridized carbons (Fsp3) is 0.333. The van der Waals surface area contributed by atoms with Crippen molar-refractivity contribution in [3.63, 3.8) is 0 Å². The van der Waals surface area contributed by atoms with Crippen LogP contribution in [0.25, 0.3) is 0 Å². The minimum absolute atomic E-state index is 0.103. The van der Waals surface area contributed by atoms with Gasteiger partial charge in [0, 0.05) is 17.7 Å². The molecule has 0 radical (unpaired) electrons. The van der Waals surface area contributed by atoms with Gasteiger partial charge in [0.15, 0.2) is 0 Å². The summed E-state index contributed by atoms with van der Waals surface area (Å²) in [6.07, 6.45) is 0.274. The molecule has 5 heteroatoms. The molecule has 2 rings (SSSR count). The number of nitrogens with zero attached hydrogens (tertiary/aromatic N) is 2. The minimum Gasteiger partial charge on any atom is -0.383 e. The van der Waals surface area contributed by atoms with Crippen molar-refractivity contribution in [3.05, 3.63) is 51.7 Å². The van der Waals surface area contributed by atoms with E-state index in [-0.39, 0.29) is 17.4 Å². The van der Waals surface area contributed by atoms with Crippen LogP contribution in [0, 0.1) is 12.7 Å². The lowest BCUT2D eigenvalue weighted by molar-refractivity contribution is 0.612. The lowest BCUT2D eigenvalue weighted by Crippen LogP contribution is -2.09. The van der Waals surface area contributed by atoms with E-state index in [2.05, 4.69) is 9.97 Å². The lowest BCUT2D eigenvalue weighted by atomic mass is 10.0. The second-order valence-electron chi connectivity index (χ2n) is 5.07. The maximum atomic E-state index is 13.9. The molecule has 0 saturated carbocycles. The Balaban J connectivity index is 2.38. The molecule has 0 fully saturated rings. The molecule has 2 N–H and O–H groups in total. The maximum Gasteiger partial charge on any atom is 0.145 e. The number of aryl methyl sites for hydroxylation is 1. The highest BCUT2D eigenvalue weighted by molar-refractivity contribution is 6.30. The van der Waals surface area contributed by atoms with Gasteiger partial charge in [-0.25, -0.2) is 14.4 Å². The van der Waals surface area contributed by atoms with Gasteiger partial charge in [-0.05, 0) is 24.5 Å². The molecule has 0 amide bonds. The largest absolute Gasteiger partial charge is 0.383 e. The van der Waals surface area contributed by atoms with Gasteiger partial charge in [-0.15, -0.1) is 0 Å². The second-order valence-corrected chi connectivity index (χ2v) is 5.48. The lowest BCUT2D eigenvalue weighted by Gasteiger charge is -2.13. The summed E-state index contributed by atoms with van der Waals surface area (Å²) in [7, 11) is 0. The molecule has 2 aromatic rings. The fourth-order valence-corrected chi connectivity index (χ4v) is 2.51. The Morgan fingerprint density at radius 2 is 2.00 bits per heavy atom. The van der Waals surface area contributed by atoms with Crippen LogP contribution in [0.1, 0.15) is 42.4 Å². The first-order valence-electron chi connectivity index (χ1n) is 6.46. The quantitative estimate of drug-likeness (QED) is 0.934. The van der Waals surface area contributed by atoms with Gasteiger partial charge in [0.05, 0.1) is 5.02 Å². The third kappa shape index (κ3) is 2.90. The number of aromatic nitrogens is 2. The van der Waals surface area contributed by atoms with Crippen molar-refractivity contribution in [3.8, 4) is 0 Å². The standard InChI is InChI=1S/C15H17ClFN3/c1-8(2)13-9(3)19-12(20-15(13)18)7-10-5-4-6-11(16)14(10)17/h4-6,8H,7H2,1-3H3,(H2,18,19,20). The predicted molar refractivity (Wildman–Crippen MR) is 79.5 cm³/mol. The molecular formula is C15H17ClFN3. The van der Waals surface area contributed by atoms with Crippen molar-refractivity contribution < 1.29 is 4.39 Å². The number of rotatable bonds is 3. The number of nitrogens with two attached hydrogens (primary N) is 1. The number of hydrogen-bond acceptors (Lipinski definition) is 3. The number of benzene rings is 1. The fourth-order valence-electron chi connectivity index (χ4n) is 2.31. The van der Waals surface area contributed by atoms with Gasteiger partial charge in [0.2, 0.25) is 0 Å². The van der Waals surface area contributed by atoms with Crippen LogP contribution < -0.4 is 5.73 Å². The maximum absolute atomic E-state index is 13.9. The van der Waals surface area contributed by atoms with Crippen molar-refractivity contribution in [2.75, 3.05) is 5.73 Å². The van der Waals surface area contributed by atoms with Gasteiger partial charge in [-0.3, -0.25) is 0 Å². The molecule has 0 aliphatic heterocycles. The first-order valence-corrected chi connectivity index (χ1v) is 6.83. The summed E-state index contributed by atoms with van der Waals surface area (Å²) in [5.74, 6) is 0.796. The number of hydrogen-bond donors (Lipinski definition) is 1. The van der Waals surface area contributed by atoms with E-state index in [9.17, 15) is 4.39 Å². The predicted octanol–water partition coefficient (Wildman–Crippen LogP) is 3.87. The van der Waals surface area contributed by atoms with Crippen molar-refractivity contribution >= 4 is 17.4 Å². The Labute approximate surface area is 123 Å². The Kier molecular flexibility index (Phi) is 4.23. The van der Waals surface area contributed by atoms with Crippen LogP contribution in [0.4, 0.5) is 10.2 Å². The second kappa shape index (κ2) is 5.75. The molecule has 1 aromatic heterocycles. The molecule has 3 nitrogen and oxygen atoms in total. The van der Waals surface area contributed by atoms with Crippen LogP contribution in [-0.4, -0.2) is 9.97 Å². The molecule has 1 aromatic carbocycles. The molecule has 0 aliphatic rings. The molecule has 0 spiro atoms. The monoisotopic (exact) mass is 293 g/mol. The topological polar surface area (TPSA) is 51.8 Å². The molecule has 0 saturated heterocycles. The van der Waals surface area contributed by atoms with Crippen molar-refractivity contribution in [2.45, 2.75) is 33.1 Å². The average Bonchev–Trinajstić information content (AvgIpc) is 2.33. The Hall–Kier alpha value is -1.68. The molecule has 0 unspecified atom stereocenters. The highest BCUT2D eigenvalue weighted by atomic mass is 35.5. The summed E-state index contributed by atoms with van der Waals surface area (Å²) >= 11 is 5.77. The van der Waals surface area contributed by atoms with E-state index in [1.165, 1.54) is 6.07 Å². The minimum atomic E-state index is -0.429. The van der Waals surface area contributed by atoms with Gasteiger partial charge in [0.25, 0.3) is 0 Å². The molecule has 1 heterocycles. The van der Waals surface area contributed by atoms with E-state index in [4.69, 9.17) is 17.3 Å². The van der Waals surface area contributed by atoms with Gasteiger partial charge in [0.1, 0.15) is 17.5 Å². The molecule has 0 bridgehead atoms. The van der Waals surface area contributed by atoms with Crippen molar-refractivity contribution in [2.24, 2.45) is 0 Å². The van der Waals surface area contributed by atoms with Crippen LogP contribution in [0.15, 0.2) is 18.2 Å². The van der Waals surface area contributed by atoms with Crippen LogP contribution in [0.3, 0.4) is 0 Å². The zero-order valence-electron chi connectivity index (χ0n) is 11.7. The molecular weight excluding hydrogens is 277 g/mol. The van der Waals surface area contributed by atoms with Crippen LogP contribution >= 0.6 is 11.6 Å². The smallest absolute Gasteiger partial charge is 0.145 e. The third-order valence-corrected chi connectivity index (χ3v) is 3.46. The molecule has 0 aliphatic carbocycles. The number of anilines is 1. The van der Waals surface area contributed by atoms with Crippen LogP contribution in [-0.2, 0) is 6.42 Å². The summed E-state index contributed by atoms with van der Waals surface area (Å²) < 4.78 is 13.9. The normalized spacial score (nSPS) is 11.1. The number of nitrogen functional groups attached to an aromatic ring is 1. The zero-order valence-corrected chi connectivity index (χ0v) is 12.5. The highest BCUT2D eigenvalue weighted by Gasteiger charge is 2.14. The highest BCUT2D eigenvalue weighted by Crippen LogP contribution is 2.24. The summed E-state index contributed by atoms with van der Waals surface area (Å²) in [6, 6.07) is 4.90. The molecule has 20 heavy (non-hydrogen) atoms. The van der Waals surface area contributed by atoms with Gasteiger partial charge >= 0.3 is 0 Å². The summed E-state index contributed by atoms with van der Waals surface area (Å²) in [4.78, 5) is 8.70. The third-order valence-electron chi connectivity index (χ3n) is 3.17. The molecule has 106 valence electrons. The van der Waals surface area contributed by atoms with E-state index < -0.39 is 5.82 Å². The van der Waals surface area contributed by atoms with Crippen molar-refractivity contribution in [1.82, 2.24) is 9.97 Å². The van der Waals surface area contributed by atoms with Gasteiger partial charge < -0.3 is 5.73 Å². The zero-order chi connectivity index (χ0) is 14.9. The Bertz CT molecular complexity index is 618. The van der Waals surface area contributed by atoms with Gasteiger partial charge in [-0.2, -0.15) is 0 Å². The first kappa shape index (κ1) is 14.7.